The number of hydrogen-bond donors (Lipinski definition) is 1. The topological polar surface area (TPSA) is 102 Å². The summed E-state index contributed by atoms with van der Waals surface area (Å²) in [5, 5.41) is 10.8. The lowest BCUT2D eigenvalue weighted by Gasteiger charge is -2.08. The molecule has 110 valence electrons. The molecule has 21 heavy (non-hydrogen) atoms. The lowest BCUT2D eigenvalue weighted by atomic mass is 10.3. The van der Waals surface area contributed by atoms with E-state index < -0.39 is 31.3 Å². The lowest BCUT2D eigenvalue weighted by molar-refractivity contribution is -0.390. The number of pyridine rings is 1. The van der Waals surface area contributed by atoms with Crippen molar-refractivity contribution in [2.45, 2.75) is 4.90 Å². The molecule has 0 bridgehead atoms. The van der Waals surface area contributed by atoms with Crippen LogP contribution in [0.2, 0.25) is 0 Å². The zero-order valence-electron chi connectivity index (χ0n) is 10.2. The van der Waals surface area contributed by atoms with E-state index in [0.717, 1.165) is 18.2 Å². The number of halogens is 2. The second-order valence-electron chi connectivity index (χ2n) is 3.79. The number of aromatic nitrogens is 1. The molecule has 1 N–H and O–H groups in total. The summed E-state index contributed by atoms with van der Waals surface area (Å²) in [4.78, 5) is 12.8. The van der Waals surface area contributed by atoms with Gasteiger partial charge in [-0.25, -0.2) is 13.4 Å². The van der Waals surface area contributed by atoms with Crippen molar-refractivity contribution in [1.82, 2.24) is 4.98 Å². The van der Waals surface area contributed by atoms with Crippen molar-refractivity contribution in [3.05, 3.63) is 56.9 Å². The Balaban J connectivity index is 2.50. The zero-order valence-corrected chi connectivity index (χ0v) is 12.6. The van der Waals surface area contributed by atoms with Crippen LogP contribution in [0.1, 0.15) is 0 Å². The lowest BCUT2D eigenvalue weighted by Crippen LogP contribution is -2.16. The molecular formula is C11H7BrFN3O4S. The van der Waals surface area contributed by atoms with Crippen molar-refractivity contribution >= 4 is 37.5 Å². The number of nitrogens with zero attached hydrogens (tertiary/aromatic N) is 2. The van der Waals surface area contributed by atoms with Crippen molar-refractivity contribution in [2.75, 3.05) is 4.72 Å². The minimum Gasteiger partial charge on any atom is -0.263 e. The molecule has 2 rings (SSSR count). The van der Waals surface area contributed by atoms with Crippen molar-refractivity contribution in [1.29, 1.82) is 0 Å². The third-order valence-corrected chi connectivity index (χ3v) is 4.20. The van der Waals surface area contributed by atoms with Crippen LogP contribution in [0.4, 0.5) is 15.9 Å². The first kappa shape index (κ1) is 15.3. The fourth-order valence-corrected chi connectivity index (χ4v) is 3.07. The molecule has 1 heterocycles. The molecule has 0 aliphatic carbocycles. The molecule has 0 saturated carbocycles. The van der Waals surface area contributed by atoms with Gasteiger partial charge >= 0.3 is 5.69 Å². The zero-order chi connectivity index (χ0) is 15.6. The van der Waals surface area contributed by atoms with Gasteiger partial charge in [-0.2, -0.15) is 4.39 Å². The molecule has 10 heteroatoms. The average molecular weight is 376 g/mol. The van der Waals surface area contributed by atoms with E-state index >= 15 is 0 Å². The highest BCUT2D eigenvalue weighted by Crippen LogP contribution is 2.28. The number of para-hydroxylation sites is 1. The molecule has 0 spiro atoms. The Hall–Kier alpha value is -2.07. The Bertz CT molecular complexity index is 813. The van der Waals surface area contributed by atoms with Crippen molar-refractivity contribution in [3.8, 4) is 0 Å². The molecule has 0 aliphatic heterocycles. The Morgan fingerprint density at radius 1 is 1.24 bits per heavy atom. The Morgan fingerprint density at radius 3 is 2.52 bits per heavy atom. The Kier molecular flexibility index (Phi) is 4.19. The number of nitro benzene ring substituents is 1. The van der Waals surface area contributed by atoms with Crippen LogP contribution < -0.4 is 4.72 Å². The number of hydrogen-bond acceptors (Lipinski definition) is 5. The Morgan fingerprint density at radius 2 is 1.90 bits per heavy atom. The van der Waals surface area contributed by atoms with Gasteiger partial charge in [0, 0.05) is 0 Å². The predicted molar refractivity (Wildman–Crippen MR) is 75.8 cm³/mol. The molecule has 0 unspecified atom stereocenters. The van der Waals surface area contributed by atoms with Gasteiger partial charge in [0.05, 0.1) is 4.92 Å². The standard InChI is InChI=1S/C11H7BrFN3O4S/c12-9-5-2-6-10(14-9)15-21(19,20)8-4-1-3-7(13)11(8)16(17)18/h1-6H,(H,14,15). The maximum absolute atomic E-state index is 13.5. The first-order valence-electron chi connectivity index (χ1n) is 5.39. The third kappa shape index (κ3) is 3.34. The fourth-order valence-electron chi connectivity index (χ4n) is 1.55. The van der Waals surface area contributed by atoms with E-state index in [4.69, 9.17) is 0 Å². The molecule has 0 saturated heterocycles. The highest BCUT2D eigenvalue weighted by molar-refractivity contribution is 9.10. The summed E-state index contributed by atoms with van der Waals surface area (Å²) in [6.45, 7) is 0. The van der Waals surface area contributed by atoms with Crippen molar-refractivity contribution < 1.29 is 17.7 Å². The highest BCUT2D eigenvalue weighted by Gasteiger charge is 2.29. The van der Waals surface area contributed by atoms with Gasteiger partial charge < -0.3 is 0 Å². The number of sulfonamides is 1. The number of nitrogens with one attached hydrogen (secondary N) is 1. The first-order chi connectivity index (χ1) is 9.81. The summed E-state index contributed by atoms with van der Waals surface area (Å²) in [6.07, 6.45) is 0. The minimum atomic E-state index is -4.34. The largest absolute Gasteiger partial charge is 0.325 e. The molecule has 7 nitrogen and oxygen atoms in total. The summed E-state index contributed by atoms with van der Waals surface area (Å²) in [6, 6.07) is 7.28. The maximum atomic E-state index is 13.5. The van der Waals surface area contributed by atoms with Crippen LogP contribution in [0.3, 0.4) is 0 Å². The van der Waals surface area contributed by atoms with Gasteiger partial charge in [-0.1, -0.05) is 12.1 Å². The fraction of sp³-hybridized carbons (Fsp3) is 0. The van der Waals surface area contributed by atoms with Gasteiger partial charge in [-0.3, -0.25) is 14.8 Å². The molecule has 0 amide bonds. The van der Waals surface area contributed by atoms with Crippen LogP contribution in [-0.4, -0.2) is 18.3 Å². The van der Waals surface area contributed by atoms with Crippen LogP contribution in [-0.2, 0) is 10.0 Å². The molecule has 0 atom stereocenters. The number of rotatable bonds is 4. The number of nitro groups is 1. The highest BCUT2D eigenvalue weighted by atomic mass is 79.9. The van der Waals surface area contributed by atoms with E-state index in [1.165, 1.54) is 12.1 Å². The molecule has 0 fully saturated rings. The van der Waals surface area contributed by atoms with Crippen molar-refractivity contribution in [3.63, 3.8) is 0 Å². The normalized spacial score (nSPS) is 11.1. The first-order valence-corrected chi connectivity index (χ1v) is 7.67. The third-order valence-electron chi connectivity index (χ3n) is 2.38. The van der Waals surface area contributed by atoms with E-state index in [1.54, 1.807) is 6.07 Å². The van der Waals surface area contributed by atoms with Gasteiger partial charge in [-0.05, 0) is 40.2 Å². The van der Waals surface area contributed by atoms with Gasteiger partial charge in [-0.15, -0.1) is 0 Å². The summed E-state index contributed by atoms with van der Waals surface area (Å²) in [7, 11) is -4.34. The van der Waals surface area contributed by atoms with E-state index in [9.17, 15) is 22.9 Å². The molecule has 1 aromatic heterocycles. The van der Waals surface area contributed by atoms with Crippen LogP contribution in [0, 0.1) is 15.9 Å². The molecule has 0 radical (unpaired) electrons. The SMILES string of the molecule is O=[N+]([O-])c1c(F)cccc1S(=O)(=O)Nc1cccc(Br)n1. The van der Waals surface area contributed by atoms with E-state index in [0.29, 0.717) is 4.60 Å². The van der Waals surface area contributed by atoms with Gasteiger partial charge in [0.2, 0.25) is 5.82 Å². The van der Waals surface area contributed by atoms with Crippen LogP contribution >= 0.6 is 15.9 Å². The van der Waals surface area contributed by atoms with Crippen LogP contribution in [0.25, 0.3) is 0 Å². The summed E-state index contributed by atoms with van der Waals surface area (Å²) in [5.41, 5.74) is -1.11. The molecular weight excluding hydrogens is 369 g/mol. The molecule has 0 aliphatic rings. The molecule has 2 aromatic rings. The monoisotopic (exact) mass is 375 g/mol. The van der Waals surface area contributed by atoms with E-state index in [2.05, 4.69) is 25.6 Å². The summed E-state index contributed by atoms with van der Waals surface area (Å²) < 4.78 is 40.2. The van der Waals surface area contributed by atoms with Crippen molar-refractivity contribution in [2.24, 2.45) is 0 Å². The quantitative estimate of drug-likeness (QED) is 0.502. The van der Waals surface area contributed by atoms with Gasteiger partial charge in [0.25, 0.3) is 10.0 Å². The number of benzene rings is 1. The second kappa shape index (κ2) is 5.74. The smallest absolute Gasteiger partial charge is 0.263 e. The van der Waals surface area contributed by atoms with Gasteiger partial charge in [0.15, 0.2) is 4.90 Å². The number of anilines is 1. The minimum absolute atomic E-state index is 0.0528. The average Bonchev–Trinajstić information content (AvgIpc) is 2.37. The van der Waals surface area contributed by atoms with Gasteiger partial charge in [0.1, 0.15) is 10.4 Å². The Labute approximate surface area is 127 Å². The van der Waals surface area contributed by atoms with Crippen LogP contribution in [0.5, 0.6) is 0 Å². The summed E-state index contributed by atoms with van der Waals surface area (Å²) >= 11 is 3.06. The summed E-state index contributed by atoms with van der Waals surface area (Å²) in [5.74, 6) is -1.28. The molecule has 1 aromatic carbocycles. The van der Waals surface area contributed by atoms with Crippen LogP contribution in [0.15, 0.2) is 45.9 Å². The van der Waals surface area contributed by atoms with E-state index in [1.807, 2.05) is 0 Å². The predicted octanol–water partition coefficient (Wildman–Crippen LogP) is 2.69. The van der Waals surface area contributed by atoms with E-state index in [-0.39, 0.29) is 5.82 Å². The second-order valence-corrected chi connectivity index (χ2v) is 6.26. The maximum Gasteiger partial charge on any atom is 0.325 e.